The Morgan fingerprint density at radius 2 is 0.671 bits per heavy atom. The van der Waals surface area contributed by atoms with E-state index in [2.05, 4.69) is 43.5 Å². The minimum absolute atomic E-state index is 0.0113. The number of carbonyl (C=O) groups excluding carboxylic acids is 2. The third-order valence-electron chi connectivity index (χ3n) is 14.4. The topological polar surface area (TPSA) is 95.9 Å². The molecule has 6 heteroatoms. The number of ether oxygens (including phenoxy) is 1. The van der Waals surface area contributed by atoms with Crippen LogP contribution in [0, 0.1) is 0 Å². The van der Waals surface area contributed by atoms with Crippen LogP contribution in [0.1, 0.15) is 335 Å². The predicted octanol–water partition coefficient (Wildman–Crippen LogP) is 19.6. The van der Waals surface area contributed by atoms with Crippen LogP contribution in [0.3, 0.4) is 0 Å². The maximum atomic E-state index is 12.5. The fourth-order valence-electron chi connectivity index (χ4n) is 9.57. The lowest BCUT2D eigenvalue weighted by Crippen LogP contribution is -2.45. The number of rotatable bonds is 58. The van der Waals surface area contributed by atoms with E-state index in [0.29, 0.717) is 19.4 Å². The molecule has 0 aromatic carbocycles. The zero-order chi connectivity index (χ0) is 50.7. The molecule has 1 amide bonds. The van der Waals surface area contributed by atoms with E-state index in [4.69, 9.17) is 4.74 Å². The molecule has 6 nitrogen and oxygen atoms in total. The molecule has 0 fully saturated rings. The van der Waals surface area contributed by atoms with Gasteiger partial charge in [-0.15, -0.1) is 0 Å². The van der Waals surface area contributed by atoms with Crippen LogP contribution in [-0.4, -0.2) is 47.4 Å². The van der Waals surface area contributed by atoms with E-state index < -0.39 is 12.1 Å². The Balaban J connectivity index is 3.48. The van der Waals surface area contributed by atoms with E-state index in [1.807, 2.05) is 6.08 Å². The molecule has 0 aliphatic heterocycles. The Bertz CT molecular complexity index is 1130. The van der Waals surface area contributed by atoms with Crippen molar-refractivity contribution >= 4 is 11.9 Å². The first-order chi connectivity index (χ1) is 34.5. The molecular weight excluding hydrogens is 863 g/mol. The maximum Gasteiger partial charge on any atom is 0.305 e. The molecule has 70 heavy (non-hydrogen) atoms. The van der Waals surface area contributed by atoms with Crippen LogP contribution in [-0.2, 0) is 14.3 Å². The van der Waals surface area contributed by atoms with Crippen LogP contribution in [0.2, 0.25) is 0 Å². The summed E-state index contributed by atoms with van der Waals surface area (Å²) in [5.41, 5.74) is 0. The molecule has 0 saturated carbocycles. The molecule has 0 aromatic rings. The third-order valence-corrected chi connectivity index (χ3v) is 14.4. The van der Waals surface area contributed by atoms with Gasteiger partial charge in [0.2, 0.25) is 5.91 Å². The van der Waals surface area contributed by atoms with E-state index in [1.54, 1.807) is 6.08 Å². The van der Waals surface area contributed by atoms with Crippen LogP contribution in [0.25, 0.3) is 0 Å². The van der Waals surface area contributed by atoms with Crippen LogP contribution in [0.5, 0.6) is 0 Å². The number of hydrogen-bond donors (Lipinski definition) is 3. The average molecular weight is 985 g/mol. The zero-order valence-corrected chi connectivity index (χ0v) is 47.0. The number of aliphatic hydroxyl groups excluding tert-OH is 2. The second kappa shape index (κ2) is 59.6. The Labute approximate surface area is 436 Å². The van der Waals surface area contributed by atoms with Gasteiger partial charge >= 0.3 is 5.97 Å². The van der Waals surface area contributed by atoms with Crippen molar-refractivity contribution in [1.29, 1.82) is 0 Å². The van der Waals surface area contributed by atoms with Crippen molar-refractivity contribution in [2.45, 2.75) is 347 Å². The van der Waals surface area contributed by atoms with E-state index in [1.165, 1.54) is 238 Å². The van der Waals surface area contributed by atoms with Gasteiger partial charge in [-0.25, -0.2) is 0 Å². The van der Waals surface area contributed by atoms with Gasteiger partial charge in [0.05, 0.1) is 25.4 Å². The molecule has 412 valence electrons. The maximum absolute atomic E-state index is 12.5. The Morgan fingerprint density at radius 1 is 0.386 bits per heavy atom. The zero-order valence-electron chi connectivity index (χ0n) is 47.0. The van der Waals surface area contributed by atoms with Gasteiger partial charge in [-0.2, -0.15) is 0 Å². The van der Waals surface area contributed by atoms with Crippen molar-refractivity contribution in [2.24, 2.45) is 0 Å². The van der Waals surface area contributed by atoms with E-state index in [9.17, 15) is 19.8 Å². The number of hydrogen-bond acceptors (Lipinski definition) is 5. The normalized spacial score (nSPS) is 12.8. The minimum Gasteiger partial charge on any atom is -0.466 e. The highest BCUT2D eigenvalue weighted by Crippen LogP contribution is 2.17. The third kappa shape index (κ3) is 55.4. The molecule has 0 radical (unpaired) electrons. The SMILES string of the molecule is CCCCCCCC/C=C\CCCCCCCCCCCC(=O)OCCCCCC/C=C\CCCCCCCCCC(=O)NC(CO)C(O)/C=C/CCCCCCCCCCCCCCCCCCC. The molecule has 0 aliphatic carbocycles. The van der Waals surface area contributed by atoms with Crippen molar-refractivity contribution in [1.82, 2.24) is 5.32 Å². The van der Waals surface area contributed by atoms with Crippen molar-refractivity contribution < 1.29 is 24.5 Å². The molecule has 2 unspecified atom stereocenters. The molecule has 0 bridgehead atoms. The molecule has 2 atom stereocenters. The number of aliphatic hydroxyl groups is 2. The lowest BCUT2D eigenvalue weighted by Gasteiger charge is -2.20. The number of esters is 1. The lowest BCUT2D eigenvalue weighted by molar-refractivity contribution is -0.143. The van der Waals surface area contributed by atoms with Gasteiger partial charge in [0.1, 0.15) is 0 Å². The van der Waals surface area contributed by atoms with Crippen molar-refractivity contribution in [3.63, 3.8) is 0 Å². The second-order valence-electron chi connectivity index (χ2n) is 21.4. The number of nitrogens with one attached hydrogen (secondary N) is 1. The Morgan fingerprint density at radius 3 is 1.01 bits per heavy atom. The monoisotopic (exact) mass is 984 g/mol. The summed E-state index contributed by atoms with van der Waals surface area (Å²) >= 11 is 0. The summed E-state index contributed by atoms with van der Waals surface area (Å²) in [4.78, 5) is 24.6. The number of allylic oxidation sites excluding steroid dienone is 5. The molecule has 0 heterocycles. The lowest BCUT2D eigenvalue weighted by atomic mass is 10.0. The molecule has 0 rings (SSSR count). The second-order valence-corrected chi connectivity index (χ2v) is 21.4. The van der Waals surface area contributed by atoms with Gasteiger partial charge in [0.25, 0.3) is 0 Å². The van der Waals surface area contributed by atoms with E-state index >= 15 is 0 Å². The first-order valence-electron chi connectivity index (χ1n) is 31.3. The van der Waals surface area contributed by atoms with Crippen molar-refractivity contribution in [3.05, 3.63) is 36.5 Å². The van der Waals surface area contributed by atoms with Gasteiger partial charge in [0.15, 0.2) is 0 Å². The first kappa shape index (κ1) is 68.1. The molecular formula is C64H121NO5. The van der Waals surface area contributed by atoms with E-state index in [0.717, 1.165) is 70.6 Å². The Hall–Kier alpha value is -1.92. The summed E-state index contributed by atoms with van der Waals surface area (Å²) < 4.78 is 5.48. The first-order valence-corrected chi connectivity index (χ1v) is 31.3. The number of unbranched alkanes of at least 4 members (excludes halogenated alkanes) is 43. The number of amides is 1. The van der Waals surface area contributed by atoms with Crippen molar-refractivity contribution in [2.75, 3.05) is 13.2 Å². The fraction of sp³-hybridized carbons (Fsp3) is 0.875. The van der Waals surface area contributed by atoms with Crippen LogP contribution in [0.15, 0.2) is 36.5 Å². The van der Waals surface area contributed by atoms with Gasteiger partial charge < -0.3 is 20.3 Å². The average Bonchev–Trinajstić information content (AvgIpc) is 3.36. The van der Waals surface area contributed by atoms with Crippen LogP contribution in [0.4, 0.5) is 0 Å². The van der Waals surface area contributed by atoms with Gasteiger partial charge in [-0.05, 0) is 83.5 Å². The van der Waals surface area contributed by atoms with E-state index in [-0.39, 0.29) is 18.5 Å². The van der Waals surface area contributed by atoms with Gasteiger partial charge in [-0.1, -0.05) is 275 Å². The smallest absolute Gasteiger partial charge is 0.305 e. The van der Waals surface area contributed by atoms with Crippen LogP contribution >= 0.6 is 0 Å². The highest BCUT2D eigenvalue weighted by atomic mass is 16.5. The molecule has 0 aromatic heterocycles. The molecule has 3 N–H and O–H groups in total. The summed E-state index contributed by atoms with van der Waals surface area (Å²) in [5.74, 6) is -0.0925. The van der Waals surface area contributed by atoms with Gasteiger partial charge in [-0.3, -0.25) is 9.59 Å². The van der Waals surface area contributed by atoms with Crippen LogP contribution < -0.4 is 5.32 Å². The molecule has 0 saturated heterocycles. The Kier molecular flexibility index (Phi) is 58.0. The number of carbonyl (C=O) groups is 2. The summed E-state index contributed by atoms with van der Waals surface area (Å²) in [7, 11) is 0. The summed E-state index contributed by atoms with van der Waals surface area (Å²) in [6.07, 6.45) is 74.6. The highest BCUT2D eigenvalue weighted by molar-refractivity contribution is 5.76. The largest absolute Gasteiger partial charge is 0.466 e. The quantitative estimate of drug-likeness (QED) is 0.0321. The summed E-state index contributed by atoms with van der Waals surface area (Å²) in [6, 6.07) is -0.640. The standard InChI is InChI=1S/C64H121NO5/c1-3-5-7-9-11-13-15-17-19-21-23-25-28-32-36-40-44-48-52-56-62(67)61(60-66)65-63(68)57-53-49-45-41-37-33-29-27-31-35-39-43-47-51-55-59-70-64(69)58-54-50-46-42-38-34-30-26-24-22-20-18-16-14-12-10-8-6-4-2/h18,20,31,35,52,56,61-62,66-67H,3-17,19,21-30,32-34,36-51,53-55,57-60H2,1-2H3,(H,65,68)/b20-18-,35-31-,56-52+. The minimum atomic E-state index is -0.856. The molecule has 0 spiro atoms. The summed E-state index contributed by atoms with van der Waals surface area (Å²) in [5, 5.41) is 23.2. The highest BCUT2D eigenvalue weighted by Gasteiger charge is 2.18. The van der Waals surface area contributed by atoms with Crippen molar-refractivity contribution in [3.8, 4) is 0 Å². The summed E-state index contributed by atoms with van der Waals surface area (Å²) in [6.45, 7) is 4.88. The fourth-order valence-corrected chi connectivity index (χ4v) is 9.57. The van der Waals surface area contributed by atoms with Gasteiger partial charge in [0, 0.05) is 12.8 Å². The predicted molar refractivity (Wildman–Crippen MR) is 306 cm³/mol. The molecule has 0 aliphatic rings.